The number of fused-ring (bicyclic) bond motifs is 1. The zero-order valence-corrected chi connectivity index (χ0v) is 23.6. The Bertz CT molecular complexity index is 1570. The summed E-state index contributed by atoms with van der Waals surface area (Å²) >= 11 is 0. The van der Waals surface area contributed by atoms with Crippen molar-refractivity contribution in [2.75, 3.05) is 0 Å². The minimum Gasteiger partial charge on any atom is -0.458 e. The van der Waals surface area contributed by atoms with Crippen LogP contribution in [0.25, 0.3) is 11.6 Å². The molecule has 0 aliphatic heterocycles. The molecule has 1 aliphatic rings. The topological polar surface area (TPSA) is 85.1 Å². The Morgan fingerprint density at radius 1 is 1.07 bits per heavy atom. The van der Waals surface area contributed by atoms with Crippen LogP contribution in [0.3, 0.4) is 0 Å². The van der Waals surface area contributed by atoms with Crippen LogP contribution in [0.5, 0.6) is 0 Å². The van der Waals surface area contributed by atoms with Crippen LogP contribution in [0, 0.1) is 12.8 Å². The zero-order chi connectivity index (χ0) is 28.8. The number of allylic oxidation sites excluding steroid dienone is 1. The summed E-state index contributed by atoms with van der Waals surface area (Å²) in [5.74, 6) is -0.473. The van der Waals surface area contributed by atoms with Crippen LogP contribution >= 0.6 is 0 Å². The monoisotopic (exact) mass is 548 g/mol. The van der Waals surface area contributed by atoms with Crippen molar-refractivity contribution < 1.29 is 14.3 Å². The van der Waals surface area contributed by atoms with Crippen molar-refractivity contribution in [1.82, 2.24) is 14.9 Å². The van der Waals surface area contributed by atoms with Crippen molar-refractivity contribution in [1.29, 1.82) is 0 Å². The molecule has 1 amide bonds. The van der Waals surface area contributed by atoms with Gasteiger partial charge in [0.25, 0.3) is 5.91 Å². The number of esters is 1. The number of hydrogen-bond acceptors (Lipinski definition) is 5. The third-order valence-electron chi connectivity index (χ3n) is 7.91. The van der Waals surface area contributed by atoms with E-state index >= 15 is 0 Å². The van der Waals surface area contributed by atoms with Gasteiger partial charge in [0.2, 0.25) is 0 Å². The molecule has 1 aliphatic carbocycles. The number of aliphatic imine (C=N–C) groups is 1. The third-order valence-corrected chi connectivity index (χ3v) is 7.91. The second kappa shape index (κ2) is 12.8. The molecule has 210 valence electrons. The van der Waals surface area contributed by atoms with Crippen molar-refractivity contribution in [3.8, 4) is 0 Å². The highest BCUT2D eigenvalue weighted by Crippen LogP contribution is 2.29. The lowest BCUT2D eigenvalue weighted by molar-refractivity contribution is -0.154. The first-order chi connectivity index (χ1) is 19.9. The van der Waals surface area contributed by atoms with E-state index in [-0.39, 0.29) is 29.9 Å². The first-order valence-electron chi connectivity index (χ1n) is 14.2. The molecule has 0 saturated heterocycles. The molecule has 0 unspecified atom stereocenters. The molecule has 0 radical (unpaired) electrons. The molecule has 5 rings (SSSR count). The summed E-state index contributed by atoms with van der Waals surface area (Å²) in [5.41, 5.74) is 6.27. The molecular formula is C34H36N4O3. The number of aryl methyl sites for hydroxylation is 1. The first kappa shape index (κ1) is 28.0. The summed E-state index contributed by atoms with van der Waals surface area (Å²) in [5, 5.41) is 7.63. The number of nitrogens with zero attached hydrogens (tertiary/aromatic N) is 3. The summed E-state index contributed by atoms with van der Waals surface area (Å²) in [4.78, 5) is 30.5. The highest BCUT2D eigenvalue weighted by molar-refractivity contribution is 6.01. The van der Waals surface area contributed by atoms with Crippen LogP contribution in [0.4, 0.5) is 0 Å². The normalized spacial score (nSPS) is 18.0. The number of aromatic nitrogens is 2. The molecule has 2 heterocycles. The number of amides is 1. The SMILES string of the molecule is C=N/C(=C\c1ccccc1C)Cc1cccn2ncc(C(=O)N[C@H]3CC[C@H](C(=O)O[C@@H](C)c4ccccc4)CC3)c12. The van der Waals surface area contributed by atoms with Crippen LogP contribution in [0.2, 0.25) is 0 Å². The van der Waals surface area contributed by atoms with Gasteiger partial charge in [0.1, 0.15) is 6.10 Å². The molecule has 1 N–H and O–H groups in total. The predicted molar refractivity (Wildman–Crippen MR) is 162 cm³/mol. The molecule has 7 heteroatoms. The third kappa shape index (κ3) is 6.62. The molecule has 41 heavy (non-hydrogen) atoms. The maximum Gasteiger partial charge on any atom is 0.309 e. The number of hydrogen-bond donors (Lipinski definition) is 1. The number of carbonyl (C=O) groups excluding carboxylic acids is 2. The van der Waals surface area contributed by atoms with Gasteiger partial charge in [-0.05, 0) is 80.6 Å². The standard InChI is InChI=1S/C34H36N4O3/c1-23-10-7-8-13-27(23)20-30(35-3)21-28-14-9-19-38-32(28)31(22-36-38)33(39)37-29-17-15-26(16-18-29)34(40)41-24(2)25-11-5-4-6-12-25/h4-14,19-20,22,24,26,29H,3,15-18,21H2,1-2H3,(H,37,39)/b30-20-/t24-,26-,29-/m0/s1. The smallest absolute Gasteiger partial charge is 0.309 e. The highest BCUT2D eigenvalue weighted by atomic mass is 16.5. The molecule has 1 atom stereocenters. The summed E-state index contributed by atoms with van der Waals surface area (Å²) in [6, 6.07) is 21.8. The lowest BCUT2D eigenvalue weighted by Crippen LogP contribution is -2.39. The van der Waals surface area contributed by atoms with E-state index in [0.717, 1.165) is 46.3 Å². The fourth-order valence-electron chi connectivity index (χ4n) is 5.50. The number of carbonyl (C=O) groups is 2. The van der Waals surface area contributed by atoms with E-state index in [2.05, 4.69) is 41.2 Å². The fraction of sp³-hybridized carbons (Fsp3) is 0.294. The lowest BCUT2D eigenvalue weighted by Gasteiger charge is -2.28. The van der Waals surface area contributed by atoms with Crippen molar-refractivity contribution in [2.45, 2.75) is 58.1 Å². The van der Waals surface area contributed by atoms with Gasteiger partial charge in [0.15, 0.2) is 0 Å². The molecule has 2 aromatic carbocycles. The number of benzene rings is 2. The minimum atomic E-state index is -0.283. The average molecular weight is 549 g/mol. The van der Waals surface area contributed by atoms with Crippen LogP contribution in [-0.4, -0.2) is 34.2 Å². The van der Waals surface area contributed by atoms with E-state index in [1.807, 2.05) is 73.8 Å². The van der Waals surface area contributed by atoms with E-state index in [1.165, 1.54) is 0 Å². The van der Waals surface area contributed by atoms with Crippen molar-refractivity contribution in [2.24, 2.45) is 10.9 Å². The van der Waals surface area contributed by atoms with Gasteiger partial charge in [0, 0.05) is 24.4 Å². The largest absolute Gasteiger partial charge is 0.458 e. The van der Waals surface area contributed by atoms with Gasteiger partial charge in [0.05, 0.1) is 23.2 Å². The van der Waals surface area contributed by atoms with E-state index < -0.39 is 0 Å². The van der Waals surface area contributed by atoms with Crippen LogP contribution in [-0.2, 0) is 16.0 Å². The van der Waals surface area contributed by atoms with Gasteiger partial charge >= 0.3 is 5.97 Å². The van der Waals surface area contributed by atoms with Crippen molar-refractivity contribution >= 4 is 30.2 Å². The quantitative estimate of drug-likeness (QED) is 0.191. The summed E-state index contributed by atoms with van der Waals surface area (Å²) in [6.07, 6.45) is 8.54. The van der Waals surface area contributed by atoms with Crippen LogP contribution in [0.1, 0.15) is 71.3 Å². The Morgan fingerprint density at radius 3 is 2.54 bits per heavy atom. The van der Waals surface area contributed by atoms with Gasteiger partial charge in [-0.25, -0.2) is 4.52 Å². The van der Waals surface area contributed by atoms with E-state index in [4.69, 9.17) is 4.74 Å². The average Bonchev–Trinajstić information content (AvgIpc) is 3.44. The number of rotatable bonds is 9. The van der Waals surface area contributed by atoms with Crippen LogP contribution < -0.4 is 5.32 Å². The second-order valence-corrected chi connectivity index (χ2v) is 10.7. The molecule has 0 bridgehead atoms. The molecule has 2 aromatic heterocycles. The van der Waals surface area contributed by atoms with Crippen molar-refractivity contribution in [3.63, 3.8) is 0 Å². The number of pyridine rings is 1. The molecule has 4 aromatic rings. The summed E-state index contributed by atoms with van der Waals surface area (Å²) in [6.45, 7) is 7.74. The Hall–Kier alpha value is -4.52. The minimum absolute atomic E-state index is 0.00781. The summed E-state index contributed by atoms with van der Waals surface area (Å²) in [7, 11) is 0. The van der Waals surface area contributed by atoms with E-state index in [9.17, 15) is 9.59 Å². The van der Waals surface area contributed by atoms with Crippen molar-refractivity contribution in [3.05, 3.63) is 113 Å². The highest BCUT2D eigenvalue weighted by Gasteiger charge is 2.30. The Balaban J connectivity index is 1.23. The molecule has 0 spiro atoms. The van der Waals surface area contributed by atoms with Crippen LogP contribution in [0.15, 0.2) is 89.8 Å². The number of nitrogens with one attached hydrogen (secondary N) is 1. The summed E-state index contributed by atoms with van der Waals surface area (Å²) < 4.78 is 7.48. The van der Waals surface area contributed by atoms with Gasteiger partial charge in [-0.2, -0.15) is 5.10 Å². The zero-order valence-electron chi connectivity index (χ0n) is 23.6. The molecule has 1 fully saturated rings. The Labute approximate surface area is 241 Å². The Morgan fingerprint density at radius 2 is 1.80 bits per heavy atom. The molecule has 1 saturated carbocycles. The molecular weight excluding hydrogens is 512 g/mol. The second-order valence-electron chi connectivity index (χ2n) is 10.7. The maximum atomic E-state index is 13.4. The number of ether oxygens (including phenoxy) is 1. The van der Waals surface area contributed by atoms with Gasteiger partial charge in [-0.1, -0.05) is 60.7 Å². The Kier molecular flexibility index (Phi) is 8.73. The maximum absolute atomic E-state index is 13.4. The van der Waals surface area contributed by atoms with E-state index in [1.54, 1.807) is 10.7 Å². The lowest BCUT2D eigenvalue weighted by atomic mass is 9.86. The van der Waals surface area contributed by atoms with E-state index in [0.29, 0.717) is 24.8 Å². The first-order valence-corrected chi connectivity index (χ1v) is 14.2. The fourth-order valence-corrected chi connectivity index (χ4v) is 5.50. The predicted octanol–water partition coefficient (Wildman–Crippen LogP) is 6.52. The molecule has 7 nitrogen and oxygen atoms in total. The van der Waals surface area contributed by atoms with Gasteiger partial charge in [-0.15, -0.1) is 0 Å². The van der Waals surface area contributed by atoms with Gasteiger partial charge in [-0.3, -0.25) is 14.6 Å². The van der Waals surface area contributed by atoms with Gasteiger partial charge < -0.3 is 10.1 Å².